The number of nitrogens with one attached hydrogen (secondary N) is 1. The fraction of sp³-hybridized carbons (Fsp3) is 0.174. The molecule has 0 radical (unpaired) electrons. The van der Waals surface area contributed by atoms with Crippen molar-refractivity contribution in [2.75, 3.05) is 19.5 Å². The largest absolute Gasteiger partial charge is 0.496 e. The molecule has 11 heteroatoms. The molecule has 0 aliphatic rings. The third kappa shape index (κ3) is 5.81. The molecule has 3 aromatic carbocycles. The van der Waals surface area contributed by atoms with Crippen LogP contribution >= 0.6 is 0 Å². The van der Waals surface area contributed by atoms with Gasteiger partial charge in [0.05, 0.1) is 16.9 Å². The number of nitrogens with zero attached hydrogens (tertiary/aromatic N) is 1. The van der Waals surface area contributed by atoms with Gasteiger partial charge in [0.1, 0.15) is 5.75 Å². The molecule has 0 heterocycles. The summed E-state index contributed by atoms with van der Waals surface area (Å²) < 4.78 is 55.2. The molecule has 9 nitrogen and oxygen atoms in total. The Morgan fingerprint density at radius 2 is 1.53 bits per heavy atom. The second kappa shape index (κ2) is 9.94. The Balaban J connectivity index is 1.82. The van der Waals surface area contributed by atoms with Gasteiger partial charge in [0.2, 0.25) is 20.0 Å². The number of methoxy groups -OCH3 is 1. The highest BCUT2D eigenvalue weighted by Gasteiger charge is 2.22. The molecule has 0 aromatic heterocycles. The van der Waals surface area contributed by atoms with Crippen LogP contribution in [0.2, 0.25) is 0 Å². The monoisotopic (exact) mass is 503 g/mol. The number of primary sulfonamides is 1. The molecule has 0 saturated heterocycles. The summed E-state index contributed by atoms with van der Waals surface area (Å²) in [6, 6.07) is 16.6. The van der Waals surface area contributed by atoms with Crippen LogP contribution in [-0.4, -0.2) is 41.2 Å². The number of rotatable bonds is 8. The van der Waals surface area contributed by atoms with Crippen LogP contribution < -0.4 is 15.2 Å². The first-order valence-electron chi connectivity index (χ1n) is 10.1. The van der Waals surface area contributed by atoms with E-state index in [2.05, 4.69) is 5.32 Å². The molecule has 0 spiro atoms. The molecule has 3 N–H and O–H groups in total. The van der Waals surface area contributed by atoms with E-state index in [1.807, 2.05) is 6.92 Å². The molecule has 0 aliphatic heterocycles. The predicted octanol–water partition coefficient (Wildman–Crippen LogP) is 2.72. The lowest BCUT2D eigenvalue weighted by molar-refractivity contribution is 0.102. The highest BCUT2D eigenvalue weighted by atomic mass is 32.2. The number of ether oxygens (including phenoxy) is 1. The van der Waals surface area contributed by atoms with Crippen LogP contribution in [0.15, 0.2) is 76.5 Å². The zero-order valence-electron chi connectivity index (χ0n) is 18.8. The molecule has 0 atom stereocenters. The van der Waals surface area contributed by atoms with Gasteiger partial charge in [0.15, 0.2) is 0 Å². The Labute approximate surface area is 199 Å². The van der Waals surface area contributed by atoms with Crippen LogP contribution in [0.25, 0.3) is 0 Å². The Morgan fingerprint density at radius 1 is 0.941 bits per heavy atom. The molecule has 0 fully saturated rings. The minimum absolute atomic E-state index is 0.0242. The average molecular weight is 504 g/mol. The van der Waals surface area contributed by atoms with E-state index in [0.717, 1.165) is 5.56 Å². The highest BCUT2D eigenvalue weighted by Crippen LogP contribution is 2.25. The number of hydrogen-bond donors (Lipinski definition) is 2. The third-order valence-corrected chi connectivity index (χ3v) is 7.85. The van der Waals surface area contributed by atoms with Gasteiger partial charge in [-0.2, -0.15) is 4.31 Å². The maximum absolute atomic E-state index is 13.0. The Bertz CT molecular complexity index is 1400. The van der Waals surface area contributed by atoms with Gasteiger partial charge in [-0.05, 0) is 61.5 Å². The number of benzene rings is 3. The van der Waals surface area contributed by atoms with E-state index in [-0.39, 0.29) is 21.9 Å². The summed E-state index contributed by atoms with van der Waals surface area (Å²) in [6.07, 6.45) is 0. The fourth-order valence-electron chi connectivity index (χ4n) is 3.19. The SMILES string of the molecule is COc1ccc(C(=O)Nc2ccc(S(N)(=O)=O)cc2)cc1CN(C)S(=O)(=O)c1ccc(C)cc1. The van der Waals surface area contributed by atoms with Crippen LogP contribution in [0.5, 0.6) is 5.75 Å². The zero-order chi connectivity index (χ0) is 25.1. The summed E-state index contributed by atoms with van der Waals surface area (Å²) >= 11 is 0. The first kappa shape index (κ1) is 25.4. The quantitative estimate of drug-likeness (QED) is 0.485. The van der Waals surface area contributed by atoms with Crippen molar-refractivity contribution in [1.29, 1.82) is 0 Å². The minimum atomic E-state index is -3.84. The smallest absolute Gasteiger partial charge is 0.255 e. The molecule has 34 heavy (non-hydrogen) atoms. The molecule has 1 amide bonds. The highest BCUT2D eigenvalue weighted by molar-refractivity contribution is 7.89. The maximum atomic E-state index is 13.0. The average Bonchev–Trinajstić information content (AvgIpc) is 2.79. The van der Waals surface area contributed by atoms with Crippen LogP contribution in [-0.2, 0) is 26.6 Å². The topological polar surface area (TPSA) is 136 Å². The second-order valence-corrected chi connectivity index (χ2v) is 11.2. The van der Waals surface area contributed by atoms with Crippen LogP contribution in [0.1, 0.15) is 21.5 Å². The van der Waals surface area contributed by atoms with Gasteiger partial charge < -0.3 is 10.1 Å². The van der Waals surface area contributed by atoms with Crippen molar-refractivity contribution >= 4 is 31.6 Å². The van der Waals surface area contributed by atoms with Crippen LogP contribution in [0.4, 0.5) is 5.69 Å². The standard InChI is InChI=1S/C23H25N3O6S2/c1-16-4-9-21(10-5-16)34(30,31)26(2)15-18-14-17(6-13-22(18)32-3)23(27)25-19-7-11-20(12-8-19)33(24,28)29/h4-14H,15H2,1-3H3,(H,25,27)(H2,24,28,29). The van der Waals surface area contributed by atoms with Gasteiger partial charge >= 0.3 is 0 Å². The van der Waals surface area contributed by atoms with E-state index in [4.69, 9.17) is 9.88 Å². The number of nitrogens with two attached hydrogens (primary N) is 1. The Kier molecular flexibility index (Phi) is 7.41. The number of carbonyl (C=O) groups excluding carboxylic acids is 1. The Hall–Kier alpha value is -3.25. The van der Waals surface area contributed by atoms with E-state index in [1.54, 1.807) is 42.5 Å². The first-order chi connectivity index (χ1) is 15.9. The summed E-state index contributed by atoms with van der Waals surface area (Å²) in [5.41, 5.74) is 2.08. The molecule has 3 aromatic rings. The summed E-state index contributed by atoms with van der Waals surface area (Å²) in [5, 5.41) is 7.75. The minimum Gasteiger partial charge on any atom is -0.496 e. The van der Waals surface area contributed by atoms with Crippen molar-refractivity contribution < 1.29 is 26.4 Å². The first-order valence-corrected chi connectivity index (χ1v) is 13.0. The summed E-state index contributed by atoms with van der Waals surface area (Å²) in [4.78, 5) is 12.8. The van der Waals surface area contributed by atoms with E-state index >= 15 is 0 Å². The third-order valence-electron chi connectivity index (χ3n) is 5.11. The Morgan fingerprint density at radius 3 is 2.09 bits per heavy atom. The zero-order valence-corrected chi connectivity index (χ0v) is 20.5. The summed E-state index contributed by atoms with van der Waals surface area (Å²) in [5.74, 6) is -0.0312. The van der Waals surface area contributed by atoms with E-state index < -0.39 is 26.0 Å². The lowest BCUT2D eigenvalue weighted by Crippen LogP contribution is -2.27. The summed E-state index contributed by atoms with van der Waals surface area (Å²) in [7, 11) is -4.69. The number of carbonyl (C=O) groups is 1. The normalized spacial score (nSPS) is 11.9. The summed E-state index contributed by atoms with van der Waals surface area (Å²) in [6.45, 7) is 1.85. The lowest BCUT2D eigenvalue weighted by Gasteiger charge is -2.19. The van der Waals surface area contributed by atoms with E-state index in [0.29, 0.717) is 17.0 Å². The number of hydrogen-bond acceptors (Lipinski definition) is 6. The van der Waals surface area contributed by atoms with Crippen LogP contribution in [0.3, 0.4) is 0 Å². The van der Waals surface area contributed by atoms with Gasteiger partial charge in [0.25, 0.3) is 5.91 Å². The molecular weight excluding hydrogens is 478 g/mol. The molecule has 180 valence electrons. The fourth-order valence-corrected chi connectivity index (χ4v) is 4.85. The maximum Gasteiger partial charge on any atom is 0.255 e. The number of sulfonamides is 2. The van der Waals surface area contributed by atoms with Gasteiger partial charge in [0, 0.05) is 30.4 Å². The van der Waals surface area contributed by atoms with Crippen molar-refractivity contribution in [2.45, 2.75) is 23.3 Å². The van der Waals surface area contributed by atoms with E-state index in [1.165, 1.54) is 42.7 Å². The lowest BCUT2D eigenvalue weighted by atomic mass is 10.1. The van der Waals surface area contributed by atoms with Crippen LogP contribution in [0, 0.1) is 6.92 Å². The molecule has 0 bridgehead atoms. The van der Waals surface area contributed by atoms with Gasteiger partial charge in [-0.3, -0.25) is 4.79 Å². The molecule has 0 unspecified atom stereocenters. The number of anilines is 1. The predicted molar refractivity (Wildman–Crippen MR) is 129 cm³/mol. The molecular formula is C23H25N3O6S2. The molecule has 3 rings (SSSR count). The van der Waals surface area contributed by atoms with Crippen molar-refractivity contribution in [3.05, 3.63) is 83.4 Å². The number of aryl methyl sites for hydroxylation is 1. The number of amides is 1. The van der Waals surface area contributed by atoms with Gasteiger partial charge in [-0.15, -0.1) is 0 Å². The molecule has 0 saturated carbocycles. The molecule has 0 aliphatic carbocycles. The van der Waals surface area contributed by atoms with Crippen molar-refractivity contribution in [1.82, 2.24) is 4.31 Å². The van der Waals surface area contributed by atoms with Crippen molar-refractivity contribution in [3.63, 3.8) is 0 Å². The van der Waals surface area contributed by atoms with Crippen molar-refractivity contribution in [2.24, 2.45) is 5.14 Å². The van der Waals surface area contributed by atoms with Gasteiger partial charge in [-0.25, -0.2) is 22.0 Å². The van der Waals surface area contributed by atoms with Crippen molar-refractivity contribution in [3.8, 4) is 5.75 Å². The second-order valence-electron chi connectivity index (χ2n) is 7.62. The van der Waals surface area contributed by atoms with Gasteiger partial charge in [-0.1, -0.05) is 17.7 Å². The van der Waals surface area contributed by atoms with E-state index in [9.17, 15) is 21.6 Å².